The Balaban J connectivity index is 5.17. The standard InChI is InChI=1S/C60H116O17P2/c1-5-9-13-17-20-23-26-29-32-35-39-43-47-60(65)77-56(51-71-58(63)45-41-37-33-30-27-24-21-18-14-10-6-2)53-75-79(68,69)73-49-54(61)48-72-78(66,67)74-52-55(50-70-57(62)44-40-36-16-12-8-4)76-59(64)46-42-38-34-31-28-25-22-19-15-11-7-3/h54-56,61H,5-53H2,1-4H3,(H,66,67)(H,68,69)/t54-,55+,56+/m0/s1. The molecule has 17 nitrogen and oxygen atoms in total. The second kappa shape index (κ2) is 55.3. The number of ether oxygens (including phenoxy) is 4. The molecule has 0 bridgehead atoms. The molecule has 0 spiro atoms. The highest BCUT2D eigenvalue weighted by molar-refractivity contribution is 7.47. The van der Waals surface area contributed by atoms with Crippen molar-refractivity contribution in [1.82, 2.24) is 0 Å². The van der Waals surface area contributed by atoms with Crippen LogP contribution in [0.3, 0.4) is 0 Å². The number of hydrogen-bond donors (Lipinski definition) is 3. The lowest BCUT2D eigenvalue weighted by atomic mass is 10.0. The van der Waals surface area contributed by atoms with Gasteiger partial charge in [0.25, 0.3) is 0 Å². The summed E-state index contributed by atoms with van der Waals surface area (Å²) in [6, 6.07) is 0. The molecule has 79 heavy (non-hydrogen) atoms. The Labute approximate surface area is 479 Å². The van der Waals surface area contributed by atoms with Crippen molar-refractivity contribution in [1.29, 1.82) is 0 Å². The predicted octanol–water partition coefficient (Wildman–Crippen LogP) is 16.4. The van der Waals surface area contributed by atoms with E-state index in [0.29, 0.717) is 25.7 Å². The van der Waals surface area contributed by atoms with Crippen LogP contribution >= 0.6 is 15.6 Å². The number of aliphatic hydroxyl groups excluding tert-OH is 1. The van der Waals surface area contributed by atoms with E-state index in [1.807, 2.05) is 0 Å². The van der Waals surface area contributed by atoms with Crippen LogP contribution in [-0.2, 0) is 65.4 Å². The first kappa shape index (κ1) is 77.1. The molecule has 0 aromatic carbocycles. The Kier molecular flexibility index (Phi) is 53.9. The summed E-state index contributed by atoms with van der Waals surface area (Å²) in [5.41, 5.74) is 0. The van der Waals surface area contributed by atoms with E-state index in [1.165, 1.54) is 128 Å². The van der Waals surface area contributed by atoms with Crippen molar-refractivity contribution in [2.45, 2.75) is 322 Å². The SMILES string of the molecule is CCCCCCCCCCCCCCC(=O)O[C@H](COC(=O)CCCCCCCCCCCCC)COP(=O)(O)OC[C@@H](O)COP(=O)(O)OC[C@@H](COC(=O)CCCCCCC)OC(=O)CCCCCCCCCCCCC. The Morgan fingerprint density at radius 2 is 0.506 bits per heavy atom. The van der Waals surface area contributed by atoms with E-state index in [-0.39, 0.29) is 25.7 Å². The third kappa shape index (κ3) is 55.0. The zero-order chi connectivity index (χ0) is 58.3. The maximum Gasteiger partial charge on any atom is 0.472 e. The minimum absolute atomic E-state index is 0.106. The maximum absolute atomic E-state index is 12.9. The van der Waals surface area contributed by atoms with Gasteiger partial charge in [0, 0.05) is 25.7 Å². The summed E-state index contributed by atoms with van der Waals surface area (Å²) in [6.07, 6.45) is 39.1. The molecule has 3 N–H and O–H groups in total. The van der Waals surface area contributed by atoms with Gasteiger partial charge in [-0.3, -0.25) is 37.3 Å². The minimum Gasteiger partial charge on any atom is -0.462 e. The number of unbranched alkanes of at least 4 members (excludes halogenated alkanes) is 35. The average Bonchev–Trinajstić information content (AvgIpc) is 3.42. The lowest BCUT2D eigenvalue weighted by Gasteiger charge is -2.21. The molecule has 0 aromatic rings. The lowest BCUT2D eigenvalue weighted by Crippen LogP contribution is -2.30. The molecule has 0 heterocycles. The van der Waals surface area contributed by atoms with Crippen LogP contribution in [0.2, 0.25) is 0 Å². The van der Waals surface area contributed by atoms with Crippen LogP contribution in [0.1, 0.15) is 304 Å². The normalized spacial score (nSPS) is 14.3. The van der Waals surface area contributed by atoms with Crippen molar-refractivity contribution in [3.8, 4) is 0 Å². The molecule has 0 saturated carbocycles. The summed E-state index contributed by atoms with van der Waals surface area (Å²) in [7, 11) is -9.87. The van der Waals surface area contributed by atoms with Gasteiger partial charge < -0.3 is 33.8 Å². The molecule has 19 heteroatoms. The molecule has 0 saturated heterocycles. The van der Waals surface area contributed by atoms with Gasteiger partial charge in [-0.15, -0.1) is 0 Å². The number of phosphoric acid groups is 2. The van der Waals surface area contributed by atoms with Crippen LogP contribution in [0.4, 0.5) is 0 Å². The number of esters is 4. The summed E-state index contributed by atoms with van der Waals surface area (Å²) in [6.45, 7) is 4.77. The summed E-state index contributed by atoms with van der Waals surface area (Å²) >= 11 is 0. The van der Waals surface area contributed by atoms with E-state index in [9.17, 15) is 43.2 Å². The first-order valence-electron chi connectivity index (χ1n) is 31.8. The van der Waals surface area contributed by atoms with Crippen LogP contribution < -0.4 is 0 Å². The maximum atomic E-state index is 12.9. The Bertz CT molecular complexity index is 1540. The molecule has 0 radical (unpaired) electrons. The highest BCUT2D eigenvalue weighted by atomic mass is 31.2. The van der Waals surface area contributed by atoms with Gasteiger partial charge in [-0.25, -0.2) is 9.13 Å². The molecule has 0 aliphatic rings. The zero-order valence-electron chi connectivity index (χ0n) is 50.3. The molecule has 0 amide bonds. The second-order valence-electron chi connectivity index (χ2n) is 21.7. The van der Waals surface area contributed by atoms with Crippen LogP contribution in [0.15, 0.2) is 0 Å². The molecule has 0 aliphatic heterocycles. The van der Waals surface area contributed by atoms with E-state index in [2.05, 4.69) is 27.7 Å². The van der Waals surface area contributed by atoms with Crippen molar-refractivity contribution in [3.05, 3.63) is 0 Å². The summed E-state index contributed by atoms with van der Waals surface area (Å²) in [5, 5.41) is 10.5. The first-order chi connectivity index (χ1) is 38.2. The molecule has 0 aromatic heterocycles. The van der Waals surface area contributed by atoms with E-state index >= 15 is 0 Å². The van der Waals surface area contributed by atoms with Crippen LogP contribution in [0.5, 0.6) is 0 Å². The smallest absolute Gasteiger partial charge is 0.462 e. The third-order valence-electron chi connectivity index (χ3n) is 13.9. The molecular weight excluding hydrogens is 1050 g/mol. The molecule has 5 atom stereocenters. The van der Waals surface area contributed by atoms with Crippen molar-refractivity contribution >= 4 is 39.5 Å². The molecule has 468 valence electrons. The molecule has 0 rings (SSSR count). The monoisotopic (exact) mass is 1170 g/mol. The molecule has 0 aliphatic carbocycles. The highest BCUT2D eigenvalue weighted by Gasteiger charge is 2.30. The van der Waals surface area contributed by atoms with E-state index in [0.717, 1.165) is 96.3 Å². The first-order valence-corrected chi connectivity index (χ1v) is 34.8. The topological polar surface area (TPSA) is 237 Å². The van der Waals surface area contributed by atoms with Crippen LogP contribution in [0, 0.1) is 0 Å². The number of hydrogen-bond acceptors (Lipinski definition) is 15. The van der Waals surface area contributed by atoms with Gasteiger partial charge in [0.1, 0.15) is 19.3 Å². The molecule has 0 fully saturated rings. The lowest BCUT2D eigenvalue weighted by molar-refractivity contribution is -0.161. The highest BCUT2D eigenvalue weighted by Crippen LogP contribution is 2.45. The number of rotatable bonds is 61. The predicted molar refractivity (Wildman–Crippen MR) is 312 cm³/mol. The van der Waals surface area contributed by atoms with E-state index in [1.54, 1.807) is 0 Å². The average molecular weight is 1170 g/mol. The van der Waals surface area contributed by atoms with E-state index in [4.69, 9.17) is 37.0 Å². The van der Waals surface area contributed by atoms with Crippen LogP contribution in [0.25, 0.3) is 0 Å². The van der Waals surface area contributed by atoms with Crippen molar-refractivity contribution < 1.29 is 80.2 Å². The Hall–Kier alpha value is -1.94. The third-order valence-corrected chi connectivity index (χ3v) is 15.8. The fourth-order valence-corrected chi connectivity index (χ4v) is 10.5. The van der Waals surface area contributed by atoms with E-state index < -0.39 is 97.5 Å². The van der Waals surface area contributed by atoms with Crippen molar-refractivity contribution in [2.24, 2.45) is 0 Å². The summed E-state index contributed by atoms with van der Waals surface area (Å²) in [4.78, 5) is 71.8. The van der Waals surface area contributed by atoms with Gasteiger partial charge in [-0.05, 0) is 25.7 Å². The van der Waals surface area contributed by atoms with Gasteiger partial charge in [0.05, 0.1) is 26.4 Å². The Morgan fingerprint density at radius 3 is 0.747 bits per heavy atom. The van der Waals surface area contributed by atoms with Gasteiger partial charge in [-0.2, -0.15) is 0 Å². The van der Waals surface area contributed by atoms with Crippen molar-refractivity contribution in [2.75, 3.05) is 39.6 Å². The summed E-state index contributed by atoms with van der Waals surface area (Å²) < 4.78 is 67.6. The zero-order valence-corrected chi connectivity index (χ0v) is 52.1. The summed E-state index contributed by atoms with van der Waals surface area (Å²) in [5.74, 6) is -2.15. The van der Waals surface area contributed by atoms with Gasteiger partial charge in [0.2, 0.25) is 0 Å². The van der Waals surface area contributed by atoms with Crippen molar-refractivity contribution in [3.63, 3.8) is 0 Å². The largest absolute Gasteiger partial charge is 0.472 e. The number of phosphoric ester groups is 2. The second-order valence-corrected chi connectivity index (χ2v) is 24.6. The number of carbonyl (C=O) groups excluding carboxylic acids is 4. The fourth-order valence-electron chi connectivity index (χ4n) is 8.93. The fraction of sp³-hybridized carbons (Fsp3) is 0.933. The molecular formula is C60H116O17P2. The van der Waals surface area contributed by atoms with Gasteiger partial charge in [0.15, 0.2) is 12.2 Å². The number of carbonyl (C=O) groups is 4. The quantitative estimate of drug-likeness (QED) is 0.0222. The number of aliphatic hydroxyl groups is 1. The molecule has 2 unspecified atom stereocenters. The van der Waals surface area contributed by atoms with Gasteiger partial charge in [-0.1, -0.05) is 252 Å². The van der Waals surface area contributed by atoms with Crippen LogP contribution in [-0.4, -0.2) is 96.7 Å². The minimum atomic E-state index is -4.94. The Morgan fingerprint density at radius 1 is 0.304 bits per heavy atom. The van der Waals surface area contributed by atoms with Gasteiger partial charge >= 0.3 is 39.5 Å².